The van der Waals surface area contributed by atoms with Crippen LogP contribution in [0.4, 0.5) is 5.69 Å². The van der Waals surface area contributed by atoms with Gasteiger partial charge in [0.25, 0.3) is 0 Å². The topological polar surface area (TPSA) is 55.2 Å². The Morgan fingerprint density at radius 2 is 2.06 bits per heavy atom. The molecule has 0 saturated carbocycles. The Morgan fingerprint density at radius 3 is 2.75 bits per heavy atom. The lowest BCUT2D eigenvalue weighted by atomic mass is 10.3. The van der Waals surface area contributed by atoms with Gasteiger partial charge in [0, 0.05) is 6.20 Å². The molecule has 0 saturated heterocycles. The molecule has 2 rings (SSSR count). The molecule has 1 aromatic carbocycles. The van der Waals surface area contributed by atoms with Crippen LogP contribution in [0.2, 0.25) is 0 Å². The fraction of sp³-hybridized carbons (Fsp3) is 0.0833. The zero-order chi connectivity index (χ0) is 11.4. The molecule has 0 aliphatic rings. The molecule has 1 heterocycles. The van der Waals surface area contributed by atoms with Gasteiger partial charge < -0.3 is 9.47 Å². The van der Waals surface area contributed by atoms with E-state index in [0.717, 1.165) is 0 Å². The highest BCUT2D eigenvalue weighted by atomic mass is 16.5. The SMILES string of the molecule is COc1c([NH])cccc1Oc1cccnc1. The van der Waals surface area contributed by atoms with E-state index >= 15 is 0 Å². The zero-order valence-electron chi connectivity index (χ0n) is 8.81. The minimum atomic E-state index is 0.295. The molecular formula is C12H11N2O2. The van der Waals surface area contributed by atoms with Gasteiger partial charge in [0.2, 0.25) is 0 Å². The molecule has 1 N–H and O–H groups in total. The van der Waals surface area contributed by atoms with E-state index in [1.807, 2.05) is 0 Å². The van der Waals surface area contributed by atoms with Crippen LogP contribution >= 0.6 is 0 Å². The monoisotopic (exact) mass is 215 g/mol. The molecule has 0 atom stereocenters. The normalized spacial score (nSPS) is 9.81. The Hall–Kier alpha value is -2.23. The van der Waals surface area contributed by atoms with Gasteiger partial charge in [-0.05, 0) is 24.3 Å². The van der Waals surface area contributed by atoms with E-state index in [1.165, 1.54) is 7.11 Å². The first-order valence-electron chi connectivity index (χ1n) is 4.78. The van der Waals surface area contributed by atoms with E-state index in [9.17, 15) is 0 Å². The van der Waals surface area contributed by atoms with Gasteiger partial charge in [-0.15, -0.1) is 0 Å². The van der Waals surface area contributed by atoms with E-state index in [1.54, 1.807) is 42.7 Å². The second kappa shape index (κ2) is 4.53. The predicted octanol–water partition coefficient (Wildman–Crippen LogP) is 2.80. The van der Waals surface area contributed by atoms with Gasteiger partial charge in [-0.2, -0.15) is 0 Å². The van der Waals surface area contributed by atoms with Gasteiger partial charge in [-0.1, -0.05) is 6.07 Å². The molecule has 16 heavy (non-hydrogen) atoms. The molecule has 81 valence electrons. The summed E-state index contributed by atoms with van der Waals surface area (Å²) in [5.41, 5.74) is 7.95. The highest BCUT2D eigenvalue weighted by molar-refractivity contribution is 5.58. The van der Waals surface area contributed by atoms with Gasteiger partial charge >= 0.3 is 0 Å². The van der Waals surface area contributed by atoms with Crippen LogP contribution in [-0.2, 0) is 0 Å². The van der Waals surface area contributed by atoms with Gasteiger partial charge in [0.05, 0.1) is 19.0 Å². The zero-order valence-corrected chi connectivity index (χ0v) is 8.81. The second-order valence-electron chi connectivity index (χ2n) is 3.13. The van der Waals surface area contributed by atoms with Gasteiger partial charge in [0.1, 0.15) is 5.75 Å². The third kappa shape index (κ3) is 2.06. The van der Waals surface area contributed by atoms with Crippen LogP contribution in [-0.4, -0.2) is 12.1 Å². The van der Waals surface area contributed by atoms with Crippen LogP contribution in [0, 0.1) is 0 Å². The molecule has 0 spiro atoms. The maximum absolute atomic E-state index is 7.66. The van der Waals surface area contributed by atoms with E-state index < -0.39 is 0 Å². The minimum Gasteiger partial charge on any atom is -0.491 e. The Kier molecular flexibility index (Phi) is 2.91. The van der Waals surface area contributed by atoms with Crippen LogP contribution in [0.5, 0.6) is 17.2 Å². The average molecular weight is 215 g/mol. The number of para-hydroxylation sites is 1. The summed E-state index contributed by atoms with van der Waals surface area (Å²) in [6, 6.07) is 8.73. The van der Waals surface area contributed by atoms with Crippen LogP contribution in [0.25, 0.3) is 0 Å². The molecular weight excluding hydrogens is 204 g/mol. The maximum Gasteiger partial charge on any atom is 0.186 e. The van der Waals surface area contributed by atoms with Crippen molar-refractivity contribution < 1.29 is 9.47 Å². The van der Waals surface area contributed by atoms with Crippen molar-refractivity contribution in [2.75, 3.05) is 7.11 Å². The lowest BCUT2D eigenvalue weighted by Gasteiger charge is -2.10. The van der Waals surface area contributed by atoms with Crippen molar-refractivity contribution in [1.29, 1.82) is 0 Å². The number of hydrogen-bond acceptors (Lipinski definition) is 3. The smallest absolute Gasteiger partial charge is 0.186 e. The molecule has 4 nitrogen and oxygen atoms in total. The van der Waals surface area contributed by atoms with E-state index in [-0.39, 0.29) is 0 Å². The Labute approximate surface area is 93.6 Å². The number of nitrogens with zero attached hydrogens (tertiary/aromatic N) is 1. The quantitative estimate of drug-likeness (QED) is 0.791. The Morgan fingerprint density at radius 1 is 1.19 bits per heavy atom. The minimum absolute atomic E-state index is 0.295. The molecule has 0 unspecified atom stereocenters. The van der Waals surface area contributed by atoms with Crippen molar-refractivity contribution in [2.45, 2.75) is 0 Å². The number of aromatic nitrogens is 1. The summed E-state index contributed by atoms with van der Waals surface area (Å²) in [6.07, 6.45) is 3.28. The standard InChI is InChI=1S/C12H11N2O2/c1-15-12-10(13)5-2-6-11(12)16-9-4-3-7-14-8-9/h2-8,13H,1H3. The highest BCUT2D eigenvalue weighted by Crippen LogP contribution is 2.36. The summed E-state index contributed by atoms with van der Waals surface area (Å²) in [4.78, 5) is 3.95. The van der Waals surface area contributed by atoms with Crippen molar-refractivity contribution in [2.24, 2.45) is 0 Å². The van der Waals surface area contributed by atoms with Crippen molar-refractivity contribution in [3.63, 3.8) is 0 Å². The van der Waals surface area contributed by atoms with Crippen molar-refractivity contribution in [1.82, 2.24) is 10.7 Å². The number of benzene rings is 1. The van der Waals surface area contributed by atoms with Gasteiger partial charge in [-0.3, -0.25) is 10.7 Å². The molecule has 0 bridgehead atoms. The summed E-state index contributed by atoms with van der Waals surface area (Å²) in [6.45, 7) is 0. The first kappa shape index (κ1) is 10.3. The molecule has 4 heteroatoms. The summed E-state index contributed by atoms with van der Waals surface area (Å²) in [7, 11) is 1.52. The fourth-order valence-corrected chi connectivity index (χ4v) is 1.34. The average Bonchev–Trinajstić information content (AvgIpc) is 2.31. The molecule has 2 aromatic rings. The first-order chi connectivity index (χ1) is 7.81. The molecule has 1 aromatic heterocycles. The number of hydrogen-bond donors (Lipinski definition) is 0. The fourth-order valence-electron chi connectivity index (χ4n) is 1.34. The molecule has 0 aliphatic heterocycles. The third-order valence-electron chi connectivity index (χ3n) is 2.05. The number of methoxy groups -OCH3 is 1. The van der Waals surface area contributed by atoms with Gasteiger partial charge in [0.15, 0.2) is 11.5 Å². The van der Waals surface area contributed by atoms with Crippen molar-refractivity contribution in [3.05, 3.63) is 42.7 Å². The summed E-state index contributed by atoms with van der Waals surface area (Å²) in [5, 5.41) is 0. The second-order valence-corrected chi connectivity index (χ2v) is 3.13. The lowest BCUT2D eigenvalue weighted by molar-refractivity contribution is 0.379. The Balaban J connectivity index is 2.31. The molecule has 0 aliphatic carbocycles. The molecule has 0 fully saturated rings. The number of nitrogens with one attached hydrogen (secondary N) is 1. The van der Waals surface area contributed by atoms with Gasteiger partial charge in [-0.25, -0.2) is 0 Å². The van der Waals surface area contributed by atoms with Crippen LogP contribution < -0.4 is 15.2 Å². The maximum atomic E-state index is 7.66. The Bertz CT molecular complexity index is 472. The molecule has 1 radical (unpaired) electrons. The largest absolute Gasteiger partial charge is 0.491 e. The van der Waals surface area contributed by atoms with E-state index in [0.29, 0.717) is 22.9 Å². The van der Waals surface area contributed by atoms with E-state index in [4.69, 9.17) is 15.2 Å². The van der Waals surface area contributed by atoms with E-state index in [2.05, 4.69) is 4.98 Å². The third-order valence-corrected chi connectivity index (χ3v) is 2.05. The van der Waals surface area contributed by atoms with Crippen LogP contribution in [0.15, 0.2) is 42.7 Å². The van der Waals surface area contributed by atoms with Crippen LogP contribution in [0.3, 0.4) is 0 Å². The number of ether oxygens (including phenoxy) is 2. The predicted molar refractivity (Wildman–Crippen MR) is 60.1 cm³/mol. The van der Waals surface area contributed by atoms with Crippen molar-refractivity contribution >= 4 is 5.69 Å². The summed E-state index contributed by atoms with van der Waals surface area (Å²) >= 11 is 0. The molecule has 0 amide bonds. The first-order valence-corrected chi connectivity index (χ1v) is 4.78. The summed E-state index contributed by atoms with van der Waals surface area (Å²) < 4.78 is 10.7. The number of rotatable bonds is 3. The van der Waals surface area contributed by atoms with Crippen molar-refractivity contribution in [3.8, 4) is 17.2 Å². The lowest BCUT2D eigenvalue weighted by Crippen LogP contribution is -1.91. The number of pyridine rings is 1. The van der Waals surface area contributed by atoms with Crippen LogP contribution in [0.1, 0.15) is 0 Å². The summed E-state index contributed by atoms with van der Waals surface area (Å²) in [5.74, 6) is 1.56. The highest BCUT2D eigenvalue weighted by Gasteiger charge is 2.08.